The summed E-state index contributed by atoms with van der Waals surface area (Å²) in [7, 11) is -3.48. The summed E-state index contributed by atoms with van der Waals surface area (Å²) in [5.74, 6) is 0. The summed E-state index contributed by atoms with van der Waals surface area (Å²) in [5, 5.41) is 3.81. The third kappa shape index (κ3) is 3.01. The van der Waals surface area contributed by atoms with Crippen molar-refractivity contribution >= 4 is 44.6 Å². The Morgan fingerprint density at radius 3 is 2.55 bits per heavy atom. The maximum atomic E-state index is 12.7. The number of piperidine rings is 1. The Bertz CT molecular complexity index is 843. The van der Waals surface area contributed by atoms with E-state index in [0.717, 1.165) is 0 Å². The van der Waals surface area contributed by atoms with Crippen molar-refractivity contribution in [2.75, 3.05) is 13.1 Å². The quantitative estimate of drug-likeness (QED) is 0.857. The van der Waals surface area contributed by atoms with Crippen LogP contribution in [0.4, 0.5) is 0 Å². The predicted molar refractivity (Wildman–Crippen MR) is 89.9 cm³/mol. The highest BCUT2D eigenvalue weighted by atomic mass is 35.5. The van der Waals surface area contributed by atoms with Gasteiger partial charge in [0.05, 0.1) is 15.2 Å². The molecule has 2 N–H and O–H groups in total. The van der Waals surface area contributed by atoms with Gasteiger partial charge in [0.15, 0.2) is 9.84 Å². The summed E-state index contributed by atoms with van der Waals surface area (Å²) in [6.45, 7) is 1.38. The molecule has 0 saturated carbocycles. The first kappa shape index (κ1) is 17.3. The van der Waals surface area contributed by atoms with Gasteiger partial charge in [0.2, 0.25) is 0 Å². The van der Waals surface area contributed by atoms with E-state index in [1.165, 1.54) is 18.3 Å². The average Bonchev–Trinajstić information content (AvgIpc) is 2.48. The van der Waals surface area contributed by atoms with Gasteiger partial charge in [-0.2, -0.15) is 0 Å². The molecule has 0 radical (unpaired) electrons. The fraction of sp³-hybridized carbons (Fsp3) is 0.357. The smallest absolute Gasteiger partial charge is 0.255 e. The van der Waals surface area contributed by atoms with Crippen LogP contribution in [0.1, 0.15) is 12.8 Å². The van der Waals surface area contributed by atoms with E-state index in [4.69, 9.17) is 11.6 Å². The summed E-state index contributed by atoms with van der Waals surface area (Å²) >= 11 is 6.13. The number of fused-ring (bicyclic) bond motifs is 1. The van der Waals surface area contributed by atoms with Crippen molar-refractivity contribution in [3.05, 3.63) is 39.8 Å². The normalized spacial score (nSPS) is 16.4. The molecule has 0 aliphatic carbocycles. The predicted octanol–water partition coefficient (Wildman–Crippen LogP) is 2.13. The second-order valence-electron chi connectivity index (χ2n) is 5.17. The van der Waals surface area contributed by atoms with Crippen LogP contribution in [0.25, 0.3) is 10.8 Å². The zero-order valence-corrected chi connectivity index (χ0v) is 14.0. The molecule has 1 aliphatic heterocycles. The van der Waals surface area contributed by atoms with Crippen LogP contribution in [-0.4, -0.2) is 31.7 Å². The molecule has 1 aromatic carbocycles. The minimum atomic E-state index is -3.48. The van der Waals surface area contributed by atoms with Gasteiger partial charge in [-0.3, -0.25) is 4.79 Å². The average molecular weight is 363 g/mol. The van der Waals surface area contributed by atoms with Gasteiger partial charge in [-0.25, -0.2) is 8.42 Å². The lowest BCUT2D eigenvalue weighted by molar-refractivity contribution is 0.496. The summed E-state index contributed by atoms with van der Waals surface area (Å²) in [6.07, 6.45) is 2.65. The van der Waals surface area contributed by atoms with Crippen LogP contribution in [0, 0.1) is 0 Å². The molecule has 120 valence electrons. The van der Waals surface area contributed by atoms with Crippen molar-refractivity contribution in [2.24, 2.45) is 0 Å². The Kier molecular flexibility index (Phi) is 5.17. The lowest BCUT2D eigenvalue weighted by Gasteiger charge is -2.23. The molecule has 1 aliphatic rings. The minimum absolute atomic E-state index is 0. The standard InChI is InChI=1S/C14H15ClN2O3S.ClH/c15-12-8-11-9(1-6-17-14(11)18)7-13(12)21(19,20)10-2-4-16-5-3-10;/h1,6-8,10,16H,2-5H2,(H,17,18);1H. The number of sulfone groups is 1. The third-order valence-electron chi connectivity index (χ3n) is 3.86. The second-order valence-corrected chi connectivity index (χ2v) is 7.77. The van der Waals surface area contributed by atoms with Crippen molar-refractivity contribution < 1.29 is 8.42 Å². The van der Waals surface area contributed by atoms with E-state index in [9.17, 15) is 13.2 Å². The second kappa shape index (κ2) is 6.58. The van der Waals surface area contributed by atoms with E-state index in [1.54, 1.807) is 6.07 Å². The lowest BCUT2D eigenvalue weighted by Crippen LogP contribution is -2.35. The Labute approximate surface area is 139 Å². The lowest BCUT2D eigenvalue weighted by atomic mass is 10.2. The zero-order valence-electron chi connectivity index (χ0n) is 11.6. The SMILES string of the molecule is Cl.O=c1[nH]ccc2cc(S(=O)(=O)C3CCNCC3)c(Cl)cc12. The van der Waals surface area contributed by atoms with Crippen molar-refractivity contribution in [2.45, 2.75) is 23.0 Å². The molecular weight excluding hydrogens is 347 g/mol. The summed E-state index contributed by atoms with van der Waals surface area (Å²) in [6, 6.07) is 4.61. The Morgan fingerprint density at radius 2 is 1.86 bits per heavy atom. The molecule has 0 unspecified atom stereocenters. The molecule has 1 saturated heterocycles. The van der Waals surface area contributed by atoms with Gasteiger partial charge >= 0.3 is 0 Å². The van der Waals surface area contributed by atoms with Crippen molar-refractivity contribution in [3.8, 4) is 0 Å². The van der Waals surface area contributed by atoms with E-state index in [-0.39, 0.29) is 27.9 Å². The van der Waals surface area contributed by atoms with Crippen molar-refractivity contribution in [1.29, 1.82) is 0 Å². The van der Waals surface area contributed by atoms with Crippen molar-refractivity contribution in [3.63, 3.8) is 0 Å². The summed E-state index contributed by atoms with van der Waals surface area (Å²) in [4.78, 5) is 14.4. The maximum absolute atomic E-state index is 12.7. The first-order valence-electron chi connectivity index (χ1n) is 6.76. The monoisotopic (exact) mass is 362 g/mol. The molecule has 0 amide bonds. The van der Waals surface area contributed by atoms with Gasteiger partial charge in [0, 0.05) is 11.6 Å². The van der Waals surface area contributed by atoms with Gasteiger partial charge in [-0.05, 0) is 49.5 Å². The Hall–Kier alpha value is -1.08. The molecule has 3 rings (SSSR count). The number of hydrogen-bond acceptors (Lipinski definition) is 4. The molecular formula is C14H16Cl2N2O3S. The Balaban J connectivity index is 0.00000176. The van der Waals surface area contributed by atoms with E-state index in [0.29, 0.717) is 36.7 Å². The molecule has 0 atom stereocenters. The summed E-state index contributed by atoms with van der Waals surface area (Å²) in [5.41, 5.74) is -0.278. The van der Waals surface area contributed by atoms with E-state index < -0.39 is 15.1 Å². The zero-order chi connectivity index (χ0) is 15.0. The molecule has 0 bridgehead atoms. The molecule has 0 spiro atoms. The molecule has 2 heterocycles. The van der Waals surface area contributed by atoms with Gasteiger partial charge in [0.25, 0.3) is 5.56 Å². The van der Waals surface area contributed by atoms with Crippen LogP contribution in [0.3, 0.4) is 0 Å². The van der Waals surface area contributed by atoms with Gasteiger partial charge < -0.3 is 10.3 Å². The van der Waals surface area contributed by atoms with E-state index in [2.05, 4.69) is 10.3 Å². The number of nitrogens with one attached hydrogen (secondary N) is 2. The first-order valence-corrected chi connectivity index (χ1v) is 8.68. The highest BCUT2D eigenvalue weighted by molar-refractivity contribution is 7.92. The summed E-state index contributed by atoms with van der Waals surface area (Å²) < 4.78 is 25.5. The van der Waals surface area contributed by atoms with Gasteiger partial charge in [-0.1, -0.05) is 11.6 Å². The van der Waals surface area contributed by atoms with Crippen LogP contribution in [0.5, 0.6) is 0 Å². The number of pyridine rings is 1. The van der Waals surface area contributed by atoms with Gasteiger partial charge in [-0.15, -0.1) is 12.4 Å². The van der Waals surface area contributed by atoms with Crippen LogP contribution < -0.4 is 10.9 Å². The number of halogens is 2. The van der Waals surface area contributed by atoms with Crippen LogP contribution in [0.15, 0.2) is 34.1 Å². The fourth-order valence-corrected chi connectivity index (χ4v) is 5.02. The highest BCUT2D eigenvalue weighted by Gasteiger charge is 2.30. The number of aromatic amines is 1. The largest absolute Gasteiger partial charge is 0.329 e. The minimum Gasteiger partial charge on any atom is -0.329 e. The number of aromatic nitrogens is 1. The van der Waals surface area contributed by atoms with E-state index in [1.807, 2.05) is 0 Å². The number of hydrogen-bond donors (Lipinski definition) is 2. The molecule has 5 nitrogen and oxygen atoms in total. The molecule has 1 fully saturated rings. The molecule has 2 aromatic rings. The highest BCUT2D eigenvalue weighted by Crippen LogP contribution is 2.31. The maximum Gasteiger partial charge on any atom is 0.255 e. The first-order chi connectivity index (χ1) is 10.00. The molecule has 8 heteroatoms. The number of H-pyrrole nitrogens is 1. The number of benzene rings is 1. The van der Waals surface area contributed by atoms with Gasteiger partial charge in [0.1, 0.15) is 0 Å². The van der Waals surface area contributed by atoms with Crippen molar-refractivity contribution in [1.82, 2.24) is 10.3 Å². The number of rotatable bonds is 2. The fourth-order valence-electron chi connectivity index (χ4n) is 2.69. The van der Waals surface area contributed by atoms with Crippen LogP contribution >= 0.6 is 24.0 Å². The topological polar surface area (TPSA) is 79.0 Å². The third-order valence-corrected chi connectivity index (χ3v) is 6.58. The molecule has 1 aromatic heterocycles. The van der Waals surface area contributed by atoms with Crippen LogP contribution in [-0.2, 0) is 9.84 Å². The van der Waals surface area contributed by atoms with Crippen LogP contribution in [0.2, 0.25) is 5.02 Å². The van der Waals surface area contributed by atoms with E-state index >= 15 is 0 Å². The Morgan fingerprint density at radius 1 is 1.18 bits per heavy atom. The molecule has 22 heavy (non-hydrogen) atoms.